The molecule has 0 aliphatic carbocycles. The highest BCUT2D eigenvalue weighted by Gasteiger charge is 2.34. The Morgan fingerprint density at radius 3 is 2.32 bits per heavy atom. The smallest absolute Gasteiger partial charge is 0.323 e. The predicted molar refractivity (Wildman–Crippen MR) is 101 cm³/mol. The Bertz CT molecular complexity index is 874. The second-order valence-electron chi connectivity index (χ2n) is 5.44. The second-order valence-corrected chi connectivity index (χ2v) is 8.26. The molecular weight excluding hydrogens is 441 g/mol. The van der Waals surface area contributed by atoms with Crippen LogP contribution in [0.3, 0.4) is 0 Å². The highest BCUT2D eigenvalue weighted by Crippen LogP contribution is 2.51. The molecule has 0 atom stereocenters. The SMILES string of the molecule is CCOP(=O)(Cc1ccc(Nc2ncc(C(F)(F)F)c(Cl)n2)c(Cl)c1)OCC. The number of nitrogens with zero attached hydrogens (tertiary/aromatic N) is 2. The van der Waals surface area contributed by atoms with Gasteiger partial charge in [-0.1, -0.05) is 29.3 Å². The summed E-state index contributed by atoms with van der Waals surface area (Å²) in [6, 6.07) is 4.72. The van der Waals surface area contributed by atoms with Crippen molar-refractivity contribution in [1.82, 2.24) is 9.97 Å². The lowest BCUT2D eigenvalue weighted by Crippen LogP contribution is -2.09. The fourth-order valence-corrected chi connectivity index (χ4v) is 4.41. The van der Waals surface area contributed by atoms with Crippen molar-refractivity contribution in [3.8, 4) is 0 Å². The molecule has 0 saturated heterocycles. The Balaban J connectivity index is 2.19. The Morgan fingerprint density at radius 1 is 1.18 bits per heavy atom. The molecule has 1 aromatic carbocycles. The number of aromatic nitrogens is 2. The number of halogens is 5. The molecule has 0 saturated carbocycles. The van der Waals surface area contributed by atoms with Crippen molar-refractivity contribution in [2.45, 2.75) is 26.2 Å². The molecule has 0 fully saturated rings. The van der Waals surface area contributed by atoms with Gasteiger partial charge in [-0.25, -0.2) is 9.97 Å². The van der Waals surface area contributed by atoms with Crippen molar-refractivity contribution >= 4 is 42.4 Å². The number of nitrogens with one attached hydrogen (secondary N) is 1. The maximum atomic E-state index is 12.7. The summed E-state index contributed by atoms with van der Waals surface area (Å²) < 4.78 is 61.2. The van der Waals surface area contributed by atoms with E-state index in [-0.39, 0.29) is 30.3 Å². The number of hydrogen-bond acceptors (Lipinski definition) is 6. The summed E-state index contributed by atoms with van der Waals surface area (Å²) in [5, 5.41) is 2.18. The van der Waals surface area contributed by atoms with E-state index in [1.54, 1.807) is 32.0 Å². The Labute approximate surface area is 169 Å². The lowest BCUT2D eigenvalue weighted by atomic mass is 10.2. The molecule has 1 aromatic heterocycles. The van der Waals surface area contributed by atoms with Crippen molar-refractivity contribution < 1.29 is 26.8 Å². The van der Waals surface area contributed by atoms with E-state index >= 15 is 0 Å². The first-order valence-corrected chi connectivity index (χ1v) is 10.6. The van der Waals surface area contributed by atoms with E-state index in [1.807, 2.05) is 0 Å². The van der Waals surface area contributed by atoms with Gasteiger partial charge in [-0.2, -0.15) is 13.2 Å². The van der Waals surface area contributed by atoms with Crippen LogP contribution in [0, 0.1) is 0 Å². The largest absolute Gasteiger partial charge is 0.420 e. The highest BCUT2D eigenvalue weighted by molar-refractivity contribution is 7.53. The fourth-order valence-electron chi connectivity index (χ4n) is 2.24. The molecule has 2 rings (SSSR count). The van der Waals surface area contributed by atoms with Crippen LogP contribution in [0.1, 0.15) is 25.0 Å². The van der Waals surface area contributed by atoms with Gasteiger partial charge in [-0.15, -0.1) is 0 Å². The molecule has 2 aromatic rings. The van der Waals surface area contributed by atoms with Crippen LogP contribution in [0.25, 0.3) is 0 Å². The minimum Gasteiger partial charge on any atom is -0.323 e. The first-order chi connectivity index (χ1) is 13.1. The van der Waals surface area contributed by atoms with E-state index in [0.29, 0.717) is 17.4 Å². The van der Waals surface area contributed by atoms with E-state index < -0.39 is 24.5 Å². The van der Waals surface area contributed by atoms with Crippen molar-refractivity contribution in [2.24, 2.45) is 0 Å². The van der Waals surface area contributed by atoms with E-state index in [2.05, 4.69) is 15.3 Å². The summed E-state index contributed by atoms with van der Waals surface area (Å²) in [6.07, 6.45) is -4.04. The van der Waals surface area contributed by atoms with Gasteiger partial charge in [0.2, 0.25) is 5.95 Å². The van der Waals surface area contributed by atoms with E-state index in [4.69, 9.17) is 32.2 Å². The molecule has 154 valence electrons. The number of benzene rings is 1. The van der Waals surface area contributed by atoms with Crippen LogP contribution in [0.5, 0.6) is 0 Å². The van der Waals surface area contributed by atoms with Crippen LogP contribution in [0.15, 0.2) is 24.4 Å². The van der Waals surface area contributed by atoms with Gasteiger partial charge >= 0.3 is 13.8 Å². The fraction of sp³-hybridized carbons (Fsp3) is 0.375. The highest BCUT2D eigenvalue weighted by atomic mass is 35.5. The number of rotatable bonds is 8. The van der Waals surface area contributed by atoms with Crippen LogP contribution >= 0.6 is 30.8 Å². The Kier molecular flexibility index (Phi) is 7.70. The normalized spacial score (nSPS) is 12.2. The molecule has 12 heteroatoms. The van der Waals surface area contributed by atoms with Crippen LogP contribution in [0.2, 0.25) is 10.2 Å². The molecule has 0 unspecified atom stereocenters. The summed E-state index contributed by atoms with van der Waals surface area (Å²) in [7, 11) is -3.30. The maximum absolute atomic E-state index is 12.7. The molecule has 6 nitrogen and oxygen atoms in total. The van der Waals surface area contributed by atoms with Crippen molar-refractivity contribution in [1.29, 1.82) is 0 Å². The molecule has 1 heterocycles. The lowest BCUT2D eigenvalue weighted by Gasteiger charge is -2.17. The molecule has 0 spiro atoms. The van der Waals surface area contributed by atoms with E-state index in [9.17, 15) is 17.7 Å². The third-order valence-corrected chi connectivity index (χ3v) is 6.01. The third kappa shape index (κ3) is 6.06. The zero-order chi connectivity index (χ0) is 20.9. The van der Waals surface area contributed by atoms with Gasteiger partial charge < -0.3 is 14.4 Å². The predicted octanol–water partition coefficient (Wildman–Crippen LogP) is 6.31. The van der Waals surface area contributed by atoms with E-state index in [0.717, 1.165) is 0 Å². The van der Waals surface area contributed by atoms with Gasteiger partial charge in [0.05, 0.1) is 30.1 Å². The van der Waals surface area contributed by atoms with Crippen LogP contribution in [0.4, 0.5) is 24.8 Å². The Hall–Kier alpha value is -1.38. The van der Waals surface area contributed by atoms with E-state index in [1.165, 1.54) is 0 Å². The summed E-state index contributed by atoms with van der Waals surface area (Å²) in [5.41, 5.74) is -0.195. The van der Waals surface area contributed by atoms with Gasteiger partial charge in [-0.3, -0.25) is 4.57 Å². The van der Waals surface area contributed by atoms with Gasteiger partial charge in [0.25, 0.3) is 0 Å². The number of hydrogen-bond donors (Lipinski definition) is 1. The Morgan fingerprint density at radius 2 is 1.82 bits per heavy atom. The summed E-state index contributed by atoms with van der Waals surface area (Å²) in [6.45, 7) is 3.88. The molecule has 0 amide bonds. The molecule has 0 aliphatic heterocycles. The topological polar surface area (TPSA) is 73.3 Å². The lowest BCUT2D eigenvalue weighted by molar-refractivity contribution is -0.137. The zero-order valence-corrected chi connectivity index (χ0v) is 17.3. The quantitative estimate of drug-likeness (QED) is 0.369. The van der Waals surface area contributed by atoms with Crippen molar-refractivity contribution in [3.05, 3.63) is 45.7 Å². The minimum absolute atomic E-state index is 0.0251. The van der Waals surface area contributed by atoms with Gasteiger partial charge in [0.15, 0.2) is 0 Å². The average molecular weight is 458 g/mol. The zero-order valence-electron chi connectivity index (χ0n) is 14.9. The second kappa shape index (κ2) is 9.41. The first kappa shape index (κ1) is 22.9. The number of alkyl halides is 3. The maximum Gasteiger partial charge on any atom is 0.420 e. The van der Waals surface area contributed by atoms with Crippen LogP contribution in [-0.2, 0) is 26.0 Å². The number of anilines is 2. The van der Waals surface area contributed by atoms with Gasteiger partial charge in [-0.05, 0) is 31.5 Å². The average Bonchev–Trinajstić information content (AvgIpc) is 2.56. The van der Waals surface area contributed by atoms with Gasteiger partial charge in [0.1, 0.15) is 10.7 Å². The third-order valence-electron chi connectivity index (χ3n) is 3.36. The standard InChI is InChI=1S/C16H17Cl2F3N3O3P/c1-3-26-28(25,27-4-2)9-10-5-6-13(12(17)7-10)23-15-22-8-11(14(18)24-15)16(19,20)21/h5-8H,3-4,9H2,1-2H3,(H,22,23,24). The summed E-state index contributed by atoms with van der Waals surface area (Å²) in [4.78, 5) is 7.19. The monoisotopic (exact) mass is 457 g/mol. The first-order valence-electron chi connectivity index (χ1n) is 8.11. The van der Waals surface area contributed by atoms with Crippen LogP contribution < -0.4 is 5.32 Å². The minimum atomic E-state index is -4.65. The molecule has 0 bridgehead atoms. The van der Waals surface area contributed by atoms with Crippen molar-refractivity contribution in [2.75, 3.05) is 18.5 Å². The van der Waals surface area contributed by atoms with Crippen molar-refractivity contribution in [3.63, 3.8) is 0 Å². The van der Waals surface area contributed by atoms with Gasteiger partial charge in [0, 0.05) is 6.20 Å². The summed E-state index contributed by atoms with van der Waals surface area (Å²) >= 11 is 11.8. The molecule has 1 N–H and O–H groups in total. The van der Waals surface area contributed by atoms with Crippen LogP contribution in [-0.4, -0.2) is 23.2 Å². The molecular formula is C16H17Cl2F3N3O3P. The molecule has 0 radical (unpaired) electrons. The summed E-state index contributed by atoms with van der Waals surface area (Å²) in [5.74, 6) is -0.151. The molecule has 28 heavy (non-hydrogen) atoms. The molecule has 0 aliphatic rings.